The second kappa shape index (κ2) is 9.16. The zero-order chi connectivity index (χ0) is 19.3. The summed E-state index contributed by atoms with van der Waals surface area (Å²) >= 11 is 3.13. The monoisotopic (exact) mass is 398 g/mol. The fraction of sp³-hybridized carbons (Fsp3) is 0.400. The molecule has 2 aromatic carbocycles. The zero-order valence-electron chi connectivity index (χ0n) is 16.6. The molecule has 1 fully saturated rings. The van der Waals surface area contributed by atoms with Crippen LogP contribution in [0.3, 0.4) is 0 Å². The summed E-state index contributed by atoms with van der Waals surface area (Å²) in [5.74, 6) is 1.22. The molecule has 27 heavy (non-hydrogen) atoms. The molecule has 3 rings (SSSR count). The molecule has 0 aliphatic heterocycles. The van der Waals surface area contributed by atoms with Crippen molar-refractivity contribution in [2.75, 3.05) is 0 Å². The van der Waals surface area contributed by atoms with Crippen LogP contribution in [-0.4, -0.2) is 10.7 Å². The van der Waals surface area contributed by atoms with Crippen LogP contribution >= 0.6 is 0 Å². The van der Waals surface area contributed by atoms with Crippen LogP contribution in [0.2, 0.25) is 0 Å². The standard InChI is InChI=1S/C25H30O.Cr/c1-20-16-17-23(25(2,3)22-14-8-5-9-15-22)24(19-20)26-18-10-13-21-11-6-4-7-12-21;/h4-15,20,23-24H,16-17,19H2,1-3H3;/b13-10+;/t20-,23-,24-;/m1./s1. The van der Waals surface area contributed by atoms with Crippen molar-refractivity contribution in [2.45, 2.75) is 51.6 Å². The maximum absolute atomic E-state index is 6.48. The van der Waals surface area contributed by atoms with Crippen LogP contribution in [0.15, 0.2) is 66.7 Å². The van der Waals surface area contributed by atoms with E-state index >= 15 is 0 Å². The van der Waals surface area contributed by atoms with Gasteiger partial charge < -0.3 is 0 Å². The first-order chi connectivity index (χ1) is 13.0. The summed E-state index contributed by atoms with van der Waals surface area (Å²) in [6.45, 7) is 7.09. The molecule has 1 nitrogen and oxygen atoms in total. The fourth-order valence-electron chi connectivity index (χ4n) is 4.28. The van der Waals surface area contributed by atoms with Crippen molar-refractivity contribution in [3.8, 4) is 0 Å². The normalized spacial score (nSPS) is 23.4. The molecule has 0 heterocycles. The summed E-state index contributed by atoms with van der Waals surface area (Å²) in [6.07, 6.45) is 8.01. The van der Waals surface area contributed by atoms with Crippen LogP contribution in [-0.2, 0) is 26.0 Å². The Bertz CT molecular complexity index is 763. The van der Waals surface area contributed by atoms with Crippen molar-refractivity contribution in [2.24, 2.45) is 11.8 Å². The van der Waals surface area contributed by atoms with Crippen molar-refractivity contribution in [1.82, 2.24) is 0 Å². The van der Waals surface area contributed by atoms with Gasteiger partial charge in [0, 0.05) is 0 Å². The molecule has 0 N–H and O–H groups in total. The summed E-state index contributed by atoms with van der Waals surface area (Å²) < 4.78 is 7.36. The van der Waals surface area contributed by atoms with Gasteiger partial charge in [0.05, 0.1) is 0 Å². The van der Waals surface area contributed by atoms with Crippen molar-refractivity contribution < 1.29 is 20.6 Å². The van der Waals surface area contributed by atoms with Crippen molar-refractivity contribution >= 4 is 10.6 Å². The van der Waals surface area contributed by atoms with Crippen molar-refractivity contribution in [3.63, 3.8) is 0 Å². The van der Waals surface area contributed by atoms with Gasteiger partial charge in [-0.1, -0.05) is 0 Å². The number of hydrogen-bond acceptors (Lipinski definition) is 1. The van der Waals surface area contributed by atoms with Crippen LogP contribution in [0.4, 0.5) is 0 Å². The first-order valence-electron chi connectivity index (χ1n) is 9.96. The Morgan fingerprint density at radius 1 is 1.00 bits per heavy atom. The third-order valence-corrected chi connectivity index (χ3v) is 6.34. The molecular formula is C25H30CrO. The van der Waals surface area contributed by atoms with E-state index in [9.17, 15) is 0 Å². The Hall–Kier alpha value is -1.46. The molecule has 0 amide bonds. The van der Waals surface area contributed by atoms with Gasteiger partial charge in [0.15, 0.2) is 0 Å². The van der Waals surface area contributed by atoms with Gasteiger partial charge in [0.25, 0.3) is 0 Å². The van der Waals surface area contributed by atoms with Gasteiger partial charge in [-0.15, -0.1) is 0 Å². The van der Waals surface area contributed by atoms with Gasteiger partial charge in [0.1, 0.15) is 0 Å². The molecule has 1 aliphatic carbocycles. The van der Waals surface area contributed by atoms with E-state index in [-0.39, 0.29) is 11.5 Å². The van der Waals surface area contributed by atoms with Crippen molar-refractivity contribution in [3.05, 3.63) is 77.9 Å². The minimum atomic E-state index is 0.0927. The van der Waals surface area contributed by atoms with Crippen LogP contribution < -0.4 is 0 Å². The third-order valence-electron chi connectivity index (χ3n) is 5.98. The quantitative estimate of drug-likeness (QED) is 0.565. The van der Waals surface area contributed by atoms with Crippen LogP contribution in [0, 0.1) is 11.8 Å². The van der Waals surface area contributed by atoms with Gasteiger partial charge in [-0.3, -0.25) is 0 Å². The van der Waals surface area contributed by atoms with E-state index in [0.717, 1.165) is 11.0 Å². The Kier molecular flexibility index (Phi) is 6.88. The zero-order valence-corrected chi connectivity index (χ0v) is 17.9. The summed E-state index contributed by atoms with van der Waals surface area (Å²) in [5.41, 5.74) is 2.68. The van der Waals surface area contributed by atoms with Crippen molar-refractivity contribution in [1.29, 1.82) is 0 Å². The second-order valence-electron chi connectivity index (χ2n) is 8.33. The maximum atomic E-state index is 6.48. The SMILES string of the molecule is C[C@@H]1CC[C@@H](C(C)(C)c2ccccc2)[C@H](O[C](=[Cr])/C=C/c2ccccc2)C1. The molecule has 0 radical (unpaired) electrons. The number of benzene rings is 2. The molecule has 0 spiro atoms. The predicted octanol–water partition coefficient (Wildman–Crippen LogP) is 6.18. The van der Waals surface area contributed by atoms with Gasteiger partial charge >= 0.3 is 172 Å². The van der Waals surface area contributed by atoms with E-state index in [0.29, 0.717) is 11.8 Å². The van der Waals surface area contributed by atoms with Gasteiger partial charge in [0.2, 0.25) is 0 Å². The number of ether oxygens (including phenoxy) is 1. The molecular weight excluding hydrogens is 368 g/mol. The predicted molar refractivity (Wildman–Crippen MR) is 111 cm³/mol. The third kappa shape index (κ3) is 5.29. The molecule has 142 valence electrons. The second-order valence-corrected chi connectivity index (χ2v) is 8.96. The van der Waals surface area contributed by atoms with E-state index in [2.05, 4.69) is 103 Å². The van der Waals surface area contributed by atoms with Gasteiger partial charge in [-0.25, -0.2) is 0 Å². The summed E-state index contributed by atoms with van der Waals surface area (Å²) in [5, 5.41) is 0. The Morgan fingerprint density at radius 2 is 1.63 bits per heavy atom. The first kappa shape index (κ1) is 20.3. The van der Waals surface area contributed by atoms with E-state index < -0.39 is 0 Å². The van der Waals surface area contributed by atoms with Gasteiger partial charge in [-0.2, -0.15) is 0 Å². The number of rotatable bonds is 6. The van der Waals surface area contributed by atoms with E-state index in [4.69, 9.17) is 4.74 Å². The van der Waals surface area contributed by atoms with Gasteiger partial charge in [-0.05, 0) is 0 Å². The van der Waals surface area contributed by atoms with E-state index in [1.165, 1.54) is 24.0 Å². The Morgan fingerprint density at radius 3 is 2.30 bits per heavy atom. The molecule has 0 aromatic heterocycles. The molecule has 1 saturated carbocycles. The summed E-state index contributed by atoms with van der Waals surface area (Å²) in [6, 6.07) is 21.3. The molecule has 0 unspecified atom stereocenters. The molecule has 2 aromatic rings. The Labute approximate surface area is 172 Å². The number of hydrogen-bond donors (Lipinski definition) is 0. The van der Waals surface area contributed by atoms with E-state index in [1.807, 2.05) is 6.07 Å². The summed E-state index contributed by atoms with van der Waals surface area (Å²) in [4.78, 5) is 0. The molecule has 0 bridgehead atoms. The van der Waals surface area contributed by atoms with Crippen LogP contribution in [0.5, 0.6) is 0 Å². The minimum absolute atomic E-state index is 0.0927. The molecule has 0 saturated heterocycles. The first-order valence-corrected chi connectivity index (χ1v) is 10.6. The van der Waals surface area contributed by atoms with Crippen LogP contribution in [0.1, 0.15) is 51.2 Å². The fourth-order valence-corrected chi connectivity index (χ4v) is 4.58. The molecule has 2 heteroatoms. The average Bonchev–Trinajstić information content (AvgIpc) is 2.68. The summed E-state index contributed by atoms with van der Waals surface area (Å²) in [7, 11) is 0. The Balaban J connectivity index is 1.74. The topological polar surface area (TPSA) is 9.23 Å². The molecule has 3 atom stereocenters. The average molecular weight is 399 g/mol. The molecule has 1 aliphatic rings. The van der Waals surface area contributed by atoms with Crippen LogP contribution in [0.25, 0.3) is 6.08 Å². The van der Waals surface area contributed by atoms with E-state index in [1.54, 1.807) is 0 Å².